The van der Waals surface area contributed by atoms with Gasteiger partial charge in [-0.05, 0) is 61.1 Å². The van der Waals surface area contributed by atoms with Gasteiger partial charge in [-0.25, -0.2) is 9.18 Å². The second-order valence-corrected chi connectivity index (χ2v) is 12.7. The molecule has 7 nitrogen and oxygen atoms in total. The van der Waals surface area contributed by atoms with Gasteiger partial charge in [-0.3, -0.25) is 14.4 Å². The van der Waals surface area contributed by atoms with E-state index >= 15 is 4.39 Å². The molecule has 10 heteroatoms. The normalized spacial score (nSPS) is 25.4. The number of nitrogens with zero attached hydrogens (tertiary/aromatic N) is 3. The molecule has 0 unspecified atom stereocenters. The SMILES string of the molecule is C.COC(=O)c1ccc2c3n(nc2c1C)[C@@H]1[C@H](C3)N(CC2CC2)[C@@]2(C(=O)Nc3cc(Cl)ccc32)[C@H]1c1cccc(Cl)c1F. The van der Waals surface area contributed by atoms with Crippen LogP contribution in [0.3, 0.4) is 0 Å². The van der Waals surface area contributed by atoms with E-state index in [1.54, 1.807) is 30.3 Å². The van der Waals surface area contributed by atoms with Gasteiger partial charge in [0.15, 0.2) is 0 Å². The van der Waals surface area contributed by atoms with Gasteiger partial charge in [0.25, 0.3) is 0 Å². The Hall–Kier alpha value is -3.46. The van der Waals surface area contributed by atoms with E-state index in [0.717, 1.165) is 35.0 Å². The average Bonchev–Trinajstić information content (AvgIpc) is 3.40. The molecule has 3 aliphatic heterocycles. The van der Waals surface area contributed by atoms with Crippen LogP contribution in [0.4, 0.5) is 10.1 Å². The molecular formula is C33H31Cl2FN4O3. The lowest BCUT2D eigenvalue weighted by Gasteiger charge is -2.40. The van der Waals surface area contributed by atoms with E-state index < -0.39 is 23.2 Å². The molecule has 1 aromatic heterocycles. The molecule has 0 bridgehead atoms. The third-order valence-electron chi connectivity index (χ3n) is 9.81. The van der Waals surface area contributed by atoms with Crippen LogP contribution in [-0.2, 0) is 21.5 Å². The first-order valence-electron chi connectivity index (χ1n) is 14.2. The maximum Gasteiger partial charge on any atom is 0.338 e. The number of nitrogens with one attached hydrogen (secondary N) is 1. The highest BCUT2D eigenvalue weighted by Gasteiger charge is 2.69. The second kappa shape index (κ2) is 9.78. The fourth-order valence-electron chi connectivity index (χ4n) is 7.88. The number of methoxy groups -OCH3 is 1. The van der Waals surface area contributed by atoms with Gasteiger partial charge in [-0.15, -0.1) is 0 Å². The monoisotopic (exact) mass is 620 g/mol. The summed E-state index contributed by atoms with van der Waals surface area (Å²) >= 11 is 12.8. The number of likely N-dealkylation sites (tertiary alicyclic amines) is 1. The standard InChI is InChI=1S/C32H27Cl2FN4O3.CH4/c1-15-18(30(40)42-2)9-10-19-24-13-25-29(39(24)37-28(15)19)26(20-4-3-5-22(34)27(20)35)32(38(25)14-16-6-7-16)21-11-8-17(33)12-23(21)36-31(32)41;/h3-5,8-12,16,25-26,29H,6-7,13-14H2,1-2H3,(H,36,41);1H4/t25-,26-,29+,32+;/m0./s1. The summed E-state index contributed by atoms with van der Waals surface area (Å²) in [5.41, 5.74) is 3.52. The van der Waals surface area contributed by atoms with Crippen molar-refractivity contribution < 1.29 is 18.7 Å². The number of anilines is 1. The zero-order chi connectivity index (χ0) is 29.1. The molecule has 4 atom stereocenters. The summed E-state index contributed by atoms with van der Waals surface area (Å²) in [5, 5.41) is 9.67. The molecule has 3 aromatic carbocycles. The van der Waals surface area contributed by atoms with Gasteiger partial charge in [-0.1, -0.05) is 54.9 Å². The number of ether oxygens (including phenoxy) is 1. The largest absolute Gasteiger partial charge is 0.465 e. The second-order valence-electron chi connectivity index (χ2n) is 11.9. The highest BCUT2D eigenvalue weighted by molar-refractivity contribution is 6.31. The fraction of sp³-hybridized carbons (Fsp3) is 0.364. The van der Waals surface area contributed by atoms with Crippen molar-refractivity contribution in [3.8, 4) is 0 Å². The number of hydrogen-bond donors (Lipinski definition) is 1. The minimum absolute atomic E-state index is 0. The van der Waals surface area contributed by atoms with Crippen molar-refractivity contribution in [2.24, 2.45) is 5.92 Å². The van der Waals surface area contributed by atoms with E-state index in [4.69, 9.17) is 33.0 Å². The van der Waals surface area contributed by atoms with E-state index in [9.17, 15) is 9.59 Å². The summed E-state index contributed by atoms with van der Waals surface area (Å²) < 4.78 is 23.1. The molecule has 2 fully saturated rings. The Morgan fingerprint density at radius 3 is 2.72 bits per heavy atom. The molecule has 1 amide bonds. The van der Waals surface area contributed by atoms with Gasteiger partial charge in [-0.2, -0.15) is 5.10 Å². The molecule has 222 valence electrons. The first kappa shape index (κ1) is 28.3. The summed E-state index contributed by atoms with van der Waals surface area (Å²) in [6, 6.07) is 13.7. The zero-order valence-corrected chi connectivity index (χ0v) is 24.5. The van der Waals surface area contributed by atoms with Crippen molar-refractivity contribution in [3.05, 3.63) is 92.3 Å². The average molecular weight is 622 g/mol. The summed E-state index contributed by atoms with van der Waals surface area (Å²) in [5.74, 6) is -1.32. The van der Waals surface area contributed by atoms with Crippen LogP contribution in [0.5, 0.6) is 0 Å². The molecule has 0 radical (unpaired) electrons. The molecule has 1 saturated heterocycles. The number of hydrogen-bond acceptors (Lipinski definition) is 5. The van der Waals surface area contributed by atoms with Crippen LogP contribution in [0, 0.1) is 18.7 Å². The fourth-order valence-corrected chi connectivity index (χ4v) is 8.23. The van der Waals surface area contributed by atoms with E-state index in [1.807, 2.05) is 23.7 Å². The summed E-state index contributed by atoms with van der Waals surface area (Å²) in [6.07, 6.45) is 2.82. The summed E-state index contributed by atoms with van der Waals surface area (Å²) in [4.78, 5) is 29.2. The third-order valence-corrected chi connectivity index (χ3v) is 10.3. The number of aryl methyl sites for hydroxylation is 1. The van der Waals surface area contributed by atoms with Gasteiger partial charge in [0.1, 0.15) is 11.4 Å². The lowest BCUT2D eigenvalue weighted by Crippen LogP contribution is -2.53. The molecule has 1 aliphatic carbocycles. The van der Waals surface area contributed by atoms with Gasteiger partial charge < -0.3 is 10.1 Å². The number of rotatable bonds is 4. The maximum atomic E-state index is 16.2. The molecule has 8 rings (SSSR count). The lowest BCUT2D eigenvalue weighted by atomic mass is 9.73. The lowest BCUT2D eigenvalue weighted by molar-refractivity contribution is -0.128. The number of halogens is 3. The van der Waals surface area contributed by atoms with E-state index in [2.05, 4.69) is 10.2 Å². The van der Waals surface area contributed by atoms with Crippen molar-refractivity contribution in [2.45, 2.75) is 57.2 Å². The minimum atomic E-state index is -1.19. The number of fused-ring (bicyclic) bond motifs is 7. The van der Waals surface area contributed by atoms with E-state index in [-0.39, 0.29) is 30.4 Å². The van der Waals surface area contributed by atoms with Crippen molar-refractivity contribution in [3.63, 3.8) is 0 Å². The van der Waals surface area contributed by atoms with Gasteiger partial charge in [0.05, 0.1) is 29.3 Å². The van der Waals surface area contributed by atoms with Crippen LogP contribution in [0.2, 0.25) is 10.0 Å². The molecule has 43 heavy (non-hydrogen) atoms. The van der Waals surface area contributed by atoms with Crippen molar-refractivity contribution in [1.82, 2.24) is 14.7 Å². The van der Waals surface area contributed by atoms with Crippen LogP contribution in [0.1, 0.15) is 65.0 Å². The summed E-state index contributed by atoms with van der Waals surface area (Å²) in [6.45, 7) is 2.58. The molecule has 4 aliphatic rings. The van der Waals surface area contributed by atoms with Crippen LogP contribution in [0.25, 0.3) is 10.9 Å². The number of esters is 1. The van der Waals surface area contributed by atoms with Gasteiger partial charge >= 0.3 is 5.97 Å². The number of aromatic nitrogens is 2. The van der Waals surface area contributed by atoms with E-state index in [0.29, 0.717) is 46.2 Å². The third kappa shape index (κ3) is 3.72. The predicted molar refractivity (Wildman–Crippen MR) is 164 cm³/mol. The number of carbonyl (C=O) groups excluding carboxylic acids is 2. The first-order valence-corrected chi connectivity index (χ1v) is 14.9. The molecular weight excluding hydrogens is 590 g/mol. The van der Waals surface area contributed by atoms with Crippen molar-refractivity contribution in [2.75, 3.05) is 19.0 Å². The highest BCUT2D eigenvalue weighted by atomic mass is 35.5. The Kier molecular flexibility index (Phi) is 6.44. The Morgan fingerprint density at radius 1 is 1.19 bits per heavy atom. The quantitative estimate of drug-likeness (QED) is 0.248. The Morgan fingerprint density at radius 2 is 1.98 bits per heavy atom. The molecule has 1 saturated carbocycles. The predicted octanol–water partition coefficient (Wildman–Crippen LogP) is 7.04. The topological polar surface area (TPSA) is 76.5 Å². The van der Waals surface area contributed by atoms with Crippen molar-refractivity contribution >= 4 is 51.7 Å². The van der Waals surface area contributed by atoms with Crippen LogP contribution >= 0.6 is 23.2 Å². The Bertz CT molecular complexity index is 1850. The molecule has 1 N–H and O–H groups in total. The van der Waals surface area contributed by atoms with Crippen molar-refractivity contribution in [1.29, 1.82) is 0 Å². The van der Waals surface area contributed by atoms with Gasteiger partial charge in [0, 0.05) is 52.3 Å². The Balaban J connectivity index is 0.00000300. The molecule has 4 aromatic rings. The summed E-state index contributed by atoms with van der Waals surface area (Å²) in [7, 11) is 1.36. The smallest absolute Gasteiger partial charge is 0.338 e. The number of amides is 1. The zero-order valence-electron chi connectivity index (χ0n) is 23.0. The van der Waals surface area contributed by atoms with E-state index in [1.165, 1.54) is 13.2 Å². The highest BCUT2D eigenvalue weighted by Crippen LogP contribution is 2.64. The minimum Gasteiger partial charge on any atom is -0.465 e. The molecule has 1 spiro atoms. The Labute approximate surface area is 258 Å². The maximum absolute atomic E-state index is 16.2. The van der Waals surface area contributed by atoms with Crippen LogP contribution in [0.15, 0.2) is 48.5 Å². The van der Waals surface area contributed by atoms with Crippen LogP contribution < -0.4 is 5.32 Å². The van der Waals surface area contributed by atoms with Crippen LogP contribution in [-0.4, -0.2) is 46.3 Å². The van der Waals surface area contributed by atoms with Gasteiger partial charge in [0.2, 0.25) is 5.91 Å². The first-order chi connectivity index (χ1) is 20.2. The number of benzene rings is 3. The molecule has 4 heterocycles. The number of carbonyl (C=O) groups is 2.